The molecule has 2 rings (SSSR count). The Morgan fingerprint density at radius 2 is 2.20 bits per heavy atom. The molecule has 5 nitrogen and oxygen atoms in total. The lowest BCUT2D eigenvalue weighted by Crippen LogP contribution is -2.29. The maximum Gasteiger partial charge on any atom is 0.268 e. The molecule has 1 aromatic carbocycles. The average Bonchev–Trinajstić information content (AvgIpc) is 2.86. The summed E-state index contributed by atoms with van der Waals surface area (Å²) in [6.45, 7) is 1.09. The van der Waals surface area contributed by atoms with Crippen LogP contribution in [0.4, 0.5) is 4.39 Å². The normalized spacial score (nSPS) is 10.8. The molecular weight excluding hydrogens is 261 g/mol. The van der Waals surface area contributed by atoms with E-state index in [0.717, 1.165) is 5.56 Å². The fraction of sp³-hybridized carbons (Fsp3) is 0.214. The number of nitrogens with two attached hydrogens (primary N) is 1. The molecule has 0 unspecified atom stereocenters. The molecule has 0 saturated heterocycles. The Labute approximate surface area is 116 Å². The van der Waals surface area contributed by atoms with E-state index in [1.165, 1.54) is 18.4 Å². The summed E-state index contributed by atoms with van der Waals surface area (Å²) in [5.74, 6) is 5.04. The van der Waals surface area contributed by atoms with Gasteiger partial charge in [0.2, 0.25) is 0 Å². The van der Waals surface area contributed by atoms with Crippen LogP contribution in [0.5, 0.6) is 0 Å². The maximum absolute atomic E-state index is 13.1. The van der Waals surface area contributed by atoms with Crippen molar-refractivity contribution in [2.24, 2.45) is 5.84 Å². The minimum absolute atomic E-state index is 0.254. The Bertz CT molecular complexity index is 598. The van der Waals surface area contributed by atoms with Gasteiger partial charge in [-0.1, -0.05) is 12.1 Å². The fourth-order valence-electron chi connectivity index (χ4n) is 1.93. The zero-order valence-electron chi connectivity index (χ0n) is 11.1. The summed E-state index contributed by atoms with van der Waals surface area (Å²) in [5, 5.41) is 0. The van der Waals surface area contributed by atoms with E-state index in [4.69, 9.17) is 10.3 Å². The molecule has 1 aromatic heterocycles. The third-order valence-electron chi connectivity index (χ3n) is 2.81. The number of carbonyl (C=O) groups is 1. The van der Waals surface area contributed by atoms with Crippen molar-refractivity contribution in [3.63, 3.8) is 0 Å². The number of nitrogens with one attached hydrogen (secondary N) is 1. The van der Waals surface area contributed by atoms with Crippen LogP contribution in [0, 0.1) is 5.82 Å². The van der Waals surface area contributed by atoms with Crippen molar-refractivity contribution < 1.29 is 13.6 Å². The quantitative estimate of drug-likeness (QED) is 0.495. The summed E-state index contributed by atoms with van der Waals surface area (Å²) in [7, 11) is 1.89. The highest BCUT2D eigenvalue weighted by Crippen LogP contribution is 2.12. The minimum atomic E-state index is -0.396. The topological polar surface area (TPSA) is 71.5 Å². The molecule has 0 radical (unpaired) electrons. The number of amides is 1. The van der Waals surface area contributed by atoms with Crippen molar-refractivity contribution in [3.05, 3.63) is 59.3 Å². The Morgan fingerprint density at radius 1 is 1.40 bits per heavy atom. The van der Waals surface area contributed by atoms with E-state index >= 15 is 0 Å². The Kier molecular flexibility index (Phi) is 4.49. The van der Waals surface area contributed by atoms with Gasteiger partial charge < -0.3 is 4.42 Å². The Morgan fingerprint density at radius 3 is 2.90 bits per heavy atom. The van der Waals surface area contributed by atoms with E-state index in [-0.39, 0.29) is 5.82 Å². The third kappa shape index (κ3) is 3.66. The number of nitrogens with zero attached hydrogens (tertiary/aromatic N) is 1. The summed E-state index contributed by atoms with van der Waals surface area (Å²) in [6.07, 6.45) is 1.35. The first-order valence-electron chi connectivity index (χ1n) is 6.10. The van der Waals surface area contributed by atoms with E-state index < -0.39 is 5.91 Å². The van der Waals surface area contributed by atoms with Crippen LogP contribution in [0.3, 0.4) is 0 Å². The van der Waals surface area contributed by atoms with Crippen LogP contribution in [0.25, 0.3) is 0 Å². The molecule has 0 fully saturated rings. The molecule has 106 valence electrons. The first kappa shape index (κ1) is 14.2. The van der Waals surface area contributed by atoms with Crippen LogP contribution in [-0.2, 0) is 13.1 Å². The highest BCUT2D eigenvalue weighted by atomic mass is 19.1. The number of furan rings is 1. The number of hydrogen-bond acceptors (Lipinski definition) is 4. The maximum atomic E-state index is 13.1. The third-order valence-corrected chi connectivity index (χ3v) is 2.81. The second-order valence-corrected chi connectivity index (χ2v) is 4.58. The molecule has 1 amide bonds. The number of benzene rings is 1. The summed E-state index contributed by atoms with van der Waals surface area (Å²) in [5.41, 5.74) is 3.29. The highest BCUT2D eigenvalue weighted by molar-refractivity contribution is 5.93. The first-order valence-corrected chi connectivity index (χ1v) is 6.10. The molecule has 0 saturated carbocycles. The van der Waals surface area contributed by atoms with Gasteiger partial charge >= 0.3 is 0 Å². The van der Waals surface area contributed by atoms with Crippen molar-refractivity contribution in [1.29, 1.82) is 0 Å². The van der Waals surface area contributed by atoms with E-state index in [2.05, 4.69) is 0 Å². The molecule has 0 bridgehead atoms. The van der Waals surface area contributed by atoms with Crippen LogP contribution in [0.1, 0.15) is 21.7 Å². The lowest BCUT2D eigenvalue weighted by atomic mass is 10.2. The summed E-state index contributed by atoms with van der Waals surface area (Å²) < 4.78 is 18.4. The van der Waals surface area contributed by atoms with Gasteiger partial charge in [-0.2, -0.15) is 0 Å². The predicted molar refractivity (Wildman–Crippen MR) is 71.9 cm³/mol. The van der Waals surface area contributed by atoms with Gasteiger partial charge in [0.25, 0.3) is 5.91 Å². The van der Waals surface area contributed by atoms with Crippen LogP contribution >= 0.6 is 0 Å². The smallest absolute Gasteiger partial charge is 0.268 e. The molecular formula is C14H16FN3O2. The number of rotatable bonds is 5. The number of hydrogen-bond donors (Lipinski definition) is 2. The van der Waals surface area contributed by atoms with E-state index in [1.54, 1.807) is 12.1 Å². The molecule has 0 aliphatic rings. The molecule has 0 aliphatic carbocycles. The van der Waals surface area contributed by atoms with Gasteiger partial charge in [0.05, 0.1) is 12.1 Å². The van der Waals surface area contributed by atoms with E-state index in [0.29, 0.717) is 24.4 Å². The molecule has 0 aliphatic heterocycles. The van der Waals surface area contributed by atoms with Crippen molar-refractivity contribution >= 4 is 5.91 Å². The van der Waals surface area contributed by atoms with Gasteiger partial charge in [0, 0.05) is 6.54 Å². The van der Waals surface area contributed by atoms with Gasteiger partial charge in [0.1, 0.15) is 17.8 Å². The lowest BCUT2D eigenvalue weighted by Gasteiger charge is -2.15. The molecule has 0 atom stereocenters. The van der Waals surface area contributed by atoms with Crippen molar-refractivity contribution in [3.8, 4) is 0 Å². The zero-order valence-corrected chi connectivity index (χ0v) is 11.1. The van der Waals surface area contributed by atoms with Crippen LogP contribution < -0.4 is 11.3 Å². The Balaban J connectivity index is 1.96. The number of hydrazine groups is 1. The van der Waals surface area contributed by atoms with Gasteiger partial charge in [-0.15, -0.1) is 0 Å². The highest BCUT2D eigenvalue weighted by Gasteiger charge is 2.10. The molecule has 2 aromatic rings. The summed E-state index contributed by atoms with van der Waals surface area (Å²) in [4.78, 5) is 13.2. The molecule has 0 spiro atoms. The predicted octanol–water partition coefficient (Wildman–Crippen LogP) is 1.65. The summed E-state index contributed by atoms with van der Waals surface area (Å²) >= 11 is 0. The van der Waals surface area contributed by atoms with Crippen LogP contribution in [-0.4, -0.2) is 17.9 Å². The number of carbonyl (C=O) groups excluding carboxylic acids is 1. The molecule has 20 heavy (non-hydrogen) atoms. The average molecular weight is 277 g/mol. The first-order chi connectivity index (χ1) is 9.58. The van der Waals surface area contributed by atoms with E-state index in [9.17, 15) is 9.18 Å². The number of halogens is 1. The number of nitrogen functional groups attached to an aromatic ring is 1. The van der Waals surface area contributed by atoms with Gasteiger partial charge in [-0.3, -0.25) is 15.1 Å². The SMILES string of the molecule is CN(Cc1cccc(F)c1)Cc1cc(C(=O)NN)co1. The summed E-state index contributed by atoms with van der Waals surface area (Å²) in [6, 6.07) is 8.06. The second-order valence-electron chi connectivity index (χ2n) is 4.58. The fourth-order valence-corrected chi connectivity index (χ4v) is 1.93. The largest absolute Gasteiger partial charge is 0.467 e. The van der Waals surface area contributed by atoms with Crippen molar-refractivity contribution in [2.75, 3.05) is 7.05 Å². The lowest BCUT2D eigenvalue weighted by molar-refractivity contribution is 0.0953. The second kappa shape index (κ2) is 6.31. The zero-order chi connectivity index (χ0) is 14.5. The minimum Gasteiger partial charge on any atom is -0.467 e. The van der Waals surface area contributed by atoms with Crippen LogP contribution in [0.15, 0.2) is 41.0 Å². The van der Waals surface area contributed by atoms with Gasteiger partial charge in [0.15, 0.2) is 0 Å². The molecule has 1 heterocycles. The molecule has 6 heteroatoms. The van der Waals surface area contributed by atoms with E-state index in [1.807, 2.05) is 23.4 Å². The van der Waals surface area contributed by atoms with Gasteiger partial charge in [-0.25, -0.2) is 10.2 Å². The van der Waals surface area contributed by atoms with Gasteiger partial charge in [-0.05, 0) is 30.8 Å². The molecule has 3 N–H and O–H groups in total. The van der Waals surface area contributed by atoms with Crippen LogP contribution in [0.2, 0.25) is 0 Å². The monoisotopic (exact) mass is 277 g/mol. The standard InChI is InChI=1S/C14H16FN3O2/c1-18(7-10-3-2-4-12(15)5-10)8-13-6-11(9-20-13)14(19)17-16/h2-6,9H,7-8,16H2,1H3,(H,17,19). The van der Waals surface area contributed by atoms with Crippen molar-refractivity contribution in [2.45, 2.75) is 13.1 Å². The Hall–Kier alpha value is -2.18. The van der Waals surface area contributed by atoms with Crippen molar-refractivity contribution in [1.82, 2.24) is 10.3 Å².